The topological polar surface area (TPSA) is 29.3 Å². The first-order valence-electron chi connectivity index (χ1n) is 6.11. The predicted molar refractivity (Wildman–Crippen MR) is 76.1 cm³/mol. The molecule has 0 radical (unpaired) electrons. The Morgan fingerprint density at radius 3 is 2.35 bits per heavy atom. The van der Waals surface area contributed by atoms with E-state index in [2.05, 4.69) is 11.8 Å². The fourth-order valence-electron chi connectivity index (χ4n) is 2.06. The van der Waals surface area contributed by atoms with Crippen molar-refractivity contribution in [2.45, 2.75) is 26.2 Å². The van der Waals surface area contributed by atoms with Crippen LogP contribution in [-0.4, -0.2) is 13.1 Å². The van der Waals surface area contributed by atoms with E-state index in [1.54, 1.807) is 12.1 Å². The van der Waals surface area contributed by atoms with Crippen molar-refractivity contribution >= 4 is 34.6 Å². The normalized spacial score (nSPS) is 15.0. The summed E-state index contributed by atoms with van der Waals surface area (Å²) in [6.45, 7) is 4.20. The molecule has 1 aliphatic carbocycles. The standard InChI is InChI=1S/C13H18Cl2N2/c1-2-5-17(8-9-3-4-9)13-11(14)6-10(16)7-12(13)15/h6-7,9H,2-5,8,16H2,1H3. The van der Waals surface area contributed by atoms with E-state index in [1.165, 1.54) is 12.8 Å². The van der Waals surface area contributed by atoms with Gasteiger partial charge in [0, 0.05) is 18.8 Å². The average molecular weight is 273 g/mol. The quantitative estimate of drug-likeness (QED) is 0.814. The summed E-state index contributed by atoms with van der Waals surface area (Å²) in [6.07, 6.45) is 3.73. The lowest BCUT2D eigenvalue weighted by atomic mass is 10.2. The Kier molecular flexibility index (Phi) is 4.05. The maximum Gasteiger partial charge on any atom is 0.0746 e. The van der Waals surface area contributed by atoms with Crippen LogP contribution < -0.4 is 10.6 Å². The highest BCUT2D eigenvalue weighted by molar-refractivity contribution is 6.39. The first-order chi connectivity index (χ1) is 8.11. The van der Waals surface area contributed by atoms with Crippen molar-refractivity contribution in [3.8, 4) is 0 Å². The van der Waals surface area contributed by atoms with Crippen LogP contribution >= 0.6 is 23.2 Å². The molecule has 0 heterocycles. The molecule has 0 saturated heterocycles. The minimum absolute atomic E-state index is 0.617. The van der Waals surface area contributed by atoms with Gasteiger partial charge in [0.1, 0.15) is 0 Å². The van der Waals surface area contributed by atoms with E-state index in [1.807, 2.05) is 0 Å². The Morgan fingerprint density at radius 1 is 1.29 bits per heavy atom. The number of hydrogen-bond acceptors (Lipinski definition) is 2. The number of nitrogen functional groups attached to an aromatic ring is 1. The second-order valence-electron chi connectivity index (χ2n) is 4.72. The Bertz CT molecular complexity index is 379. The van der Waals surface area contributed by atoms with Gasteiger partial charge in [-0.3, -0.25) is 0 Å². The summed E-state index contributed by atoms with van der Waals surface area (Å²) in [5, 5.41) is 1.31. The van der Waals surface area contributed by atoms with Crippen LogP contribution in [0.25, 0.3) is 0 Å². The van der Waals surface area contributed by atoms with E-state index in [4.69, 9.17) is 28.9 Å². The summed E-state index contributed by atoms with van der Waals surface area (Å²) in [7, 11) is 0. The first-order valence-corrected chi connectivity index (χ1v) is 6.87. The largest absolute Gasteiger partial charge is 0.399 e. The van der Waals surface area contributed by atoms with Crippen LogP contribution in [0.15, 0.2) is 12.1 Å². The van der Waals surface area contributed by atoms with E-state index >= 15 is 0 Å². The number of halogens is 2. The Labute approximate surface area is 113 Å². The summed E-state index contributed by atoms with van der Waals surface area (Å²) >= 11 is 12.5. The van der Waals surface area contributed by atoms with Gasteiger partial charge in [0.05, 0.1) is 15.7 Å². The third kappa shape index (κ3) is 3.20. The van der Waals surface area contributed by atoms with E-state index < -0.39 is 0 Å². The maximum atomic E-state index is 6.26. The van der Waals surface area contributed by atoms with Crippen molar-refractivity contribution in [3.05, 3.63) is 22.2 Å². The molecule has 0 aliphatic heterocycles. The van der Waals surface area contributed by atoms with E-state index in [0.29, 0.717) is 15.7 Å². The highest BCUT2D eigenvalue weighted by atomic mass is 35.5. The molecule has 0 atom stereocenters. The van der Waals surface area contributed by atoms with Gasteiger partial charge >= 0.3 is 0 Å². The molecule has 2 nitrogen and oxygen atoms in total. The van der Waals surface area contributed by atoms with Crippen molar-refractivity contribution < 1.29 is 0 Å². The average Bonchev–Trinajstić information content (AvgIpc) is 3.00. The molecule has 1 aliphatic rings. The van der Waals surface area contributed by atoms with Crippen LogP contribution in [-0.2, 0) is 0 Å². The van der Waals surface area contributed by atoms with E-state index in [-0.39, 0.29) is 0 Å². The maximum absolute atomic E-state index is 6.26. The molecule has 0 amide bonds. The monoisotopic (exact) mass is 272 g/mol. The zero-order valence-corrected chi connectivity index (χ0v) is 11.6. The molecule has 94 valence electrons. The smallest absolute Gasteiger partial charge is 0.0746 e. The van der Waals surface area contributed by atoms with Gasteiger partial charge in [-0.2, -0.15) is 0 Å². The van der Waals surface area contributed by atoms with Crippen molar-refractivity contribution in [2.24, 2.45) is 5.92 Å². The number of nitrogens with zero attached hydrogens (tertiary/aromatic N) is 1. The van der Waals surface area contributed by atoms with Crippen molar-refractivity contribution in [3.63, 3.8) is 0 Å². The van der Waals surface area contributed by atoms with Gasteiger partial charge in [-0.05, 0) is 37.3 Å². The Balaban J connectivity index is 2.26. The lowest BCUT2D eigenvalue weighted by molar-refractivity contribution is 0.708. The van der Waals surface area contributed by atoms with Crippen molar-refractivity contribution in [2.75, 3.05) is 23.7 Å². The van der Waals surface area contributed by atoms with Gasteiger partial charge in [-0.15, -0.1) is 0 Å². The number of nitrogens with two attached hydrogens (primary N) is 1. The third-order valence-corrected chi connectivity index (χ3v) is 3.60. The molecule has 1 saturated carbocycles. The second-order valence-corrected chi connectivity index (χ2v) is 5.54. The summed E-state index contributed by atoms with van der Waals surface area (Å²) in [4.78, 5) is 2.29. The Hall–Kier alpha value is -0.600. The van der Waals surface area contributed by atoms with Crippen LogP contribution in [0.5, 0.6) is 0 Å². The second kappa shape index (κ2) is 5.36. The lowest BCUT2D eigenvalue weighted by Crippen LogP contribution is -2.27. The van der Waals surface area contributed by atoms with Crippen LogP contribution in [0.3, 0.4) is 0 Å². The molecule has 2 N–H and O–H groups in total. The summed E-state index contributed by atoms with van der Waals surface area (Å²) < 4.78 is 0. The molecular weight excluding hydrogens is 255 g/mol. The lowest BCUT2D eigenvalue weighted by Gasteiger charge is -2.26. The summed E-state index contributed by atoms with van der Waals surface area (Å²) in [6, 6.07) is 3.55. The van der Waals surface area contributed by atoms with Gasteiger partial charge < -0.3 is 10.6 Å². The minimum Gasteiger partial charge on any atom is -0.399 e. The van der Waals surface area contributed by atoms with Crippen LogP contribution in [0, 0.1) is 5.92 Å². The van der Waals surface area contributed by atoms with Crippen LogP contribution in [0.2, 0.25) is 10.0 Å². The van der Waals surface area contributed by atoms with Gasteiger partial charge in [0.25, 0.3) is 0 Å². The van der Waals surface area contributed by atoms with Gasteiger partial charge in [0.15, 0.2) is 0 Å². The minimum atomic E-state index is 0.617. The highest BCUT2D eigenvalue weighted by Crippen LogP contribution is 2.39. The molecule has 1 fully saturated rings. The van der Waals surface area contributed by atoms with Gasteiger partial charge in [-0.1, -0.05) is 30.1 Å². The fourth-order valence-corrected chi connectivity index (χ4v) is 2.81. The zero-order chi connectivity index (χ0) is 12.4. The molecule has 17 heavy (non-hydrogen) atoms. The number of anilines is 2. The fraction of sp³-hybridized carbons (Fsp3) is 0.538. The summed E-state index contributed by atoms with van der Waals surface area (Å²) in [5.41, 5.74) is 7.29. The number of hydrogen-bond donors (Lipinski definition) is 1. The molecular formula is C13H18Cl2N2. The number of benzene rings is 1. The zero-order valence-electron chi connectivity index (χ0n) is 10.0. The highest BCUT2D eigenvalue weighted by Gasteiger charge is 2.26. The molecule has 0 unspecified atom stereocenters. The molecule has 0 spiro atoms. The SMILES string of the molecule is CCCN(CC1CC1)c1c(Cl)cc(N)cc1Cl. The van der Waals surface area contributed by atoms with Gasteiger partial charge in [-0.25, -0.2) is 0 Å². The van der Waals surface area contributed by atoms with Crippen LogP contribution in [0.4, 0.5) is 11.4 Å². The number of rotatable bonds is 5. The van der Waals surface area contributed by atoms with E-state index in [0.717, 1.165) is 31.1 Å². The third-order valence-electron chi connectivity index (χ3n) is 3.02. The molecule has 4 heteroatoms. The summed E-state index contributed by atoms with van der Waals surface area (Å²) in [5.74, 6) is 0.811. The molecule has 1 aromatic rings. The molecule has 0 aromatic heterocycles. The first kappa shape index (κ1) is 12.8. The van der Waals surface area contributed by atoms with Gasteiger partial charge in [0.2, 0.25) is 0 Å². The molecule has 2 rings (SSSR count). The van der Waals surface area contributed by atoms with E-state index in [9.17, 15) is 0 Å². The predicted octanol–water partition coefficient (Wildman–Crippen LogP) is 4.20. The Morgan fingerprint density at radius 2 is 1.88 bits per heavy atom. The van der Waals surface area contributed by atoms with Crippen LogP contribution in [0.1, 0.15) is 26.2 Å². The van der Waals surface area contributed by atoms with Crippen molar-refractivity contribution in [1.29, 1.82) is 0 Å². The molecule has 1 aromatic carbocycles. The molecule has 0 bridgehead atoms. The van der Waals surface area contributed by atoms with Crippen molar-refractivity contribution in [1.82, 2.24) is 0 Å².